The number of ether oxygens (including phenoxy) is 1. The van der Waals surface area contributed by atoms with Crippen molar-refractivity contribution in [2.24, 2.45) is 21.5 Å². The van der Waals surface area contributed by atoms with Crippen molar-refractivity contribution in [3.8, 4) is 5.75 Å². The van der Waals surface area contributed by atoms with E-state index >= 15 is 0 Å². The lowest BCUT2D eigenvalue weighted by molar-refractivity contribution is -0.00000499. The summed E-state index contributed by atoms with van der Waals surface area (Å²) < 4.78 is 5.12. The summed E-state index contributed by atoms with van der Waals surface area (Å²) in [7, 11) is 1.63. The van der Waals surface area contributed by atoms with Crippen LogP contribution in [0.5, 0.6) is 5.75 Å². The molecule has 0 spiro atoms. The number of methoxy groups -OCH3 is 1. The number of hydrogen-bond donors (Lipinski definition) is 2. The molecule has 0 aromatic heterocycles. The van der Waals surface area contributed by atoms with E-state index in [0.717, 1.165) is 11.4 Å². The number of nitrogens with zero attached hydrogens (tertiary/aromatic N) is 3. The van der Waals surface area contributed by atoms with Gasteiger partial charge >= 0.3 is 0 Å². The Hall–Kier alpha value is -1.95. The standard InChI is InChI=1S/C12H17N5O.ClH/c1-12(2)16-10(13)15-11(14)17(12)8-4-6-9(18-3)7-5-8;/h4-7H,1-3H3,(H4,13,14,15,16);1H/p-1. The highest BCUT2D eigenvalue weighted by Gasteiger charge is 2.32. The Labute approximate surface area is 118 Å². The molecule has 0 atom stereocenters. The van der Waals surface area contributed by atoms with Crippen LogP contribution in [-0.4, -0.2) is 24.7 Å². The maximum atomic E-state index is 5.93. The Morgan fingerprint density at radius 3 is 2.21 bits per heavy atom. The molecule has 1 heterocycles. The number of aliphatic imine (C=N–C) groups is 2. The quantitative estimate of drug-likeness (QED) is 0.649. The number of anilines is 1. The highest BCUT2D eigenvalue weighted by molar-refractivity contribution is 6.05. The van der Waals surface area contributed by atoms with Crippen molar-refractivity contribution in [3.05, 3.63) is 24.3 Å². The molecule has 0 radical (unpaired) electrons. The van der Waals surface area contributed by atoms with Crippen molar-refractivity contribution < 1.29 is 17.1 Å². The van der Waals surface area contributed by atoms with Crippen molar-refractivity contribution in [3.63, 3.8) is 0 Å². The van der Waals surface area contributed by atoms with Gasteiger partial charge < -0.3 is 28.6 Å². The minimum absolute atomic E-state index is 0. The monoisotopic (exact) mass is 282 g/mol. The number of halogens is 1. The fraction of sp³-hybridized carbons (Fsp3) is 0.333. The summed E-state index contributed by atoms with van der Waals surface area (Å²) in [6.45, 7) is 3.84. The Balaban J connectivity index is 0.00000180. The largest absolute Gasteiger partial charge is 1.00 e. The van der Waals surface area contributed by atoms with Gasteiger partial charge in [0.15, 0.2) is 0 Å². The Kier molecular flexibility index (Phi) is 4.26. The van der Waals surface area contributed by atoms with Gasteiger partial charge in [-0.05, 0) is 38.1 Å². The van der Waals surface area contributed by atoms with E-state index in [1.807, 2.05) is 43.0 Å². The first-order valence-electron chi connectivity index (χ1n) is 5.58. The summed E-state index contributed by atoms with van der Waals surface area (Å²) in [4.78, 5) is 10.1. The molecule has 0 unspecified atom stereocenters. The molecule has 4 N–H and O–H groups in total. The van der Waals surface area contributed by atoms with Crippen LogP contribution in [0, 0.1) is 0 Å². The molecular weight excluding hydrogens is 266 g/mol. The summed E-state index contributed by atoms with van der Waals surface area (Å²) >= 11 is 0. The number of nitrogens with two attached hydrogens (primary N) is 2. The van der Waals surface area contributed by atoms with Crippen molar-refractivity contribution in [1.82, 2.24) is 0 Å². The average molecular weight is 283 g/mol. The zero-order chi connectivity index (χ0) is 13.3. The lowest BCUT2D eigenvalue weighted by Crippen LogP contribution is -3.00. The smallest absolute Gasteiger partial charge is 0.220 e. The molecule has 0 fully saturated rings. The normalized spacial score (nSPS) is 17.1. The molecule has 7 heteroatoms. The van der Waals surface area contributed by atoms with Crippen LogP contribution in [-0.2, 0) is 0 Å². The van der Waals surface area contributed by atoms with Crippen LogP contribution in [0.1, 0.15) is 13.8 Å². The second-order valence-electron chi connectivity index (χ2n) is 4.47. The molecule has 0 saturated carbocycles. The summed E-state index contributed by atoms with van der Waals surface area (Å²) in [5.74, 6) is 1.31. The molecule has 104 valence electrons. The average Bonchev–Trinajstić information content (AvgIpc) is 2.27. The zero-order valence-electron chi connectivity index (χ0n) is 11.1. The third-order valence-electron chi connectivity index (χ3n) is 2.72. The summed E-state index contributed by atoms with van der Waals surface area (Å²) in [5.41, 5.74) is 11.9. The topological polar surface area (TPSA) is 89.2 Å². The summed E-state index contributed by atoms with van der Waals surface area (Å²) in [5, 5.41) is 0. The van der Waals surface area contributed by atoms with E-state index in [1.165, 1.54) is 0 Å². The van der Waals surface area contributed by atoms with Gasteiger partial charge in [-0.1, -0.05) is 0 Å². The van der Waals surface area contributed by atoms with Crippen LogP contribution >= 0.6 is 0 Å². The minimum atomic E-state index is -0.565. The Morgan fingerprint density at radius 2 is 1.74 bits per heavy atom. The van der Waals surface area contributed by atoms with Gasteiger partial charge in [0.05, 0.1) is 7.11 Å². The molecule has 0 saturated heterocycles. The third-order valence-corrected chi connectivity index (χ3v) is 2.72. The van der Waals surface area contributed by atoms with Gasteiger partial charge in [0, 0.05) is 5.69 Å². The number of hydrogen-bond acceptors (Lipinski definition) is 6. The highest BCUT2D eigenvalue weighted by atomic mass is 35.5. The number of benzene rings is 1. The molecule has 2 rings (SSSR count). The van der Waals surface area contributed by atoms with E-state index in [0.29, 0.717) is 5.96 Å². The van der Waals surface area contributed by atoms with Gasteiger partial charge in [-0.2, -0.15) is 4.99 Å². The molecular formula is C12H17ClN5O-. The first kappa shape index (κ1) is 15.1. The Bertz CT molecular complexity index is 509. The van der Waals surface area contributed by atoms with Crippen LogP contribution in [0.2, 0.25) is 0 Å². The lowest BCUT2D eigenvalue weighted by atomic mass is 10.1. The second kappa shape index (κ2) is 5.36. The van der Waals surface area contributed by atoms with Crippen LogP contribution in [0.15, 0.2) is 34.3 Å². The predicted octanol–water partition coefficient (Wildman–Crippen LogP) is -2.12. The molecule has 1 aromatic carbocycles. The molecule has 1 aliphatic heterocycles. The van der Waals surface area contributed by atoms with Crippen LogP contribution in [0.3, 0.4) is 0 Å². The summed E-state index contributed by atoms with van der Waals surface area (Å²) in [6, 6.07) is 7.53. The van der Waals surface area contributed by atoms with Crippen LogP contribution < -0.4 is 33.5 Å². The number of rotatable bonds is 2. The lowest BCUT2D eigenvalue weighted by Gasteiger charge is -2.38. The van der Waals surface area contributed by atoms with Crippen molar-refractivity contribution >= 4 is 17.6 Å². The molecule has 0 bridgehead atoms. The van der Waals surface area contributed by atoms with Gasteiger partial charge in [0.1, 0.15) is 11.4 Å². The highest BCUT2D eigenvalue weighted by Crippen LogP contribution is 2.28. The molecule has 1 aliphatic rings. The molecule has 19 heavy (non-hydrogen) atoms. The van der Waals surface area contributed by atoms with Gasteiger partial charge in [-0.15, -0.1) is 0 Å². The van der Waals surface area contributed by atoms with E-state index in [-0.39, 0.29) is 18.4 Å². The molecule has 0 amide bonds. The van der Waals surface area contributed by atoms with E-state index in [9.17, 15) is 0 Å². The predicted molar refractivity (Wildman–Crippen MR) is 72.8 cm³/mol. The maximum absolute atomic E-state index is 5.93. The maximum Gasteiger partial charge on any atom is 0.220 e. The van der Waals surface area contributed by atoms with Crippen molar-refractivity contribution in [2.45, 2.75) is 19.5 Å². The van der Waals surface area contributed by atoms with Gasteiger partial charge in [-0.3, -0.25) is 4.90 Å². The van der Waals surface area contributed by atoms with E-state index in [2.05, 4.69) is 9.98 Å². The van der Waals surface area contributed by atoms with Gasteiger partial charge in [-0.25, -0.2) is 4.99 Å². The molecule has 6 nitrogen and oxygen atoms in total. The van der Waals surface area contributed by atoms with Crippen LogP contribution in [0.25, 0.3) is 0 Å². The first-order valence-corrected chi connectivity index (χ1v) is 5.58. The molecule has 1 aromatic rings. The SMILES string of the molecule is COc1ccc(N2C(N)=NC(N)=NC2(C)C)cc1.[Cl-]. The fourth-order valence-corrected chi connectivity index (χ4v) is 1.98. The fourth-order valence-electron chi connectivity index (χ4n) is 1.98. The number of guanidine groups is 2. The first-order chi connectivity index (χ1) is 8.44. The van der Waals surface area contributed by atoms with E-state index < -0.39 is 5.66 Å². The van der Waals surface area contributed by atoms with Gasteiger partial charge in [0.25, 0.3) is 0 Å². The van der Waals surface area contributed by atoms with Crippen molar-refractivity contribution in [2.75, 3.05) is 12.0 Å². The third kappa shape index (κ3) is 2.90. The zero-order valence-corrected chi connectivity index (χ0v) is 11.8. The summed E-state index contributed by atoms with van der Waals surface area (Å²) in [6.07, 6.45) is 0. The molecule has 0 aliphatic carbocycles. The Morgan fingerprint density at radius 1 is 1.16 bits per heavy atom. The van der Waals surface area contributed by atoms with Crippen LogP contribution in [0.4, 0.5) is 5.69 Å². The van der Waals surface area contributed by atoms with Gasteiger partial charge in [0.2, 0.25) is 11.9 Å². The van der Waals surface area contributed by atoms with Crippen molar-refractivity contribution in [1.29, 1.82) is 0 Å². The second-order valence-corrected chi connectivity index (χ2v) is 4.47. The van der Waals surface area contributed by atoms with E-state index in [4.69, 9.17) is 16.2 Å². The van der Waals surface area contributed by atoms with E-state index in [1.54, 1.807) is 7.11 Å². The minimum Gasteiger partial charge on any atom is -1.00 e.